The Morgan fingerprint density at radius 2 is 1.87 bits per heavy atom. The van der Waals surface area contributed by atoms with Crippen molar-refractivity contribution in [3.63, 3.8) is 0 Å². The number of halogens is 5. The second-order valence-corrected chi connectivity index (χ2v) is 8.86. The Morgan fingerprint density at radius 1 is 1.29 bits per heavy atom. The van der Waals surface area contributed by atoms with Crippen LogP contribution < -0.4 is 21.4 Å². The van der Waals surface area contributed by atoms with Gasteiger partial charge in [0.2, 0.25) is 10.0 Å². The van der Waals surface area contributed by atoms with E-state index < -0.39 is 67.5 Å². The molecular formula is C14H10AlBrF4N4O6S. The number of aromatic nitrogens is 2. The molecule has 2 aromatic rings. The maximum atomic E-state index is 14.6. The van der Waals surface area contributed by atoms with Gasteiger partial charge in [-0.2, -0.15) is 13.2 Å². The first kappa shape index (κ1) is 25.1. The topological polar surface area (TPSA) is 134 Å². The van der Waals surface area contributed by atoms with E-state index in [9.17, 15) is 40.4 Å². The summed E-state index contributed by atoms with van der Waals surface area (Å²) in [4.78, 5) is 36.7. The van der Waals surface area contributed by atoms with Gasteiger partial charge in [0, 0.05) is 10.5 Å². The zero-order valence-corrected chi connectivity index (χ0v) is 18.7. The van der Waals surface area contributed by atoms with Crippen LogP contribution in [-0.2, 0) is 24.8 Å². The summed E-state index contributed by atoms with van der Waals surface area (Å²) in [5, 5.41) is 0. The van der Waals surface area contributed by atoms with Gasteiger partial charge in [-0.15, -0.1) is 0 Å². The molecule has 10 nitrogen and oxygen atoms in total. The number of hydrogen-bond donors (Lipinski definition) is 1. The van der Waals surface area contributed by atoms with Gasteiger partial charge in [-0.25, -0.2) is 31.2 Å². The van der Waals surface area contributed by atoms with Gasteiger partial charge in [0.15, 0.2) is 5.69 Å². The first-order chi connectivity index (χ1) is 14.1. The van der Waals surface area contributed by atoms with Crippen LogP contribution in [-0.4, -0.2) is 53.1 Å². The monoisotopic (exact) mass is 544 g/mol. The summed E-state index contributed by atoms with van der Waals surface area (Å²) < 4.78 is 81.6. The summed E-state index contributed by atoms with van der Waals surface area (Å²) in [5.74, 6) is 2.68. The second kappa shape index (κ2) is 8.75. The van der Waals surface area contributed by atoms with E-state index in [4.69, 9.17) is 5.84 Å². The van der Waals surface area contributed by atoms with Crippen LogP contribution in [0.25, 0.3) is 5.69 Å². The number of alkyl halides is 3. The van der Waals surface area contributed by atoms with Crippen LogP contribution in [0.5, 0.6) is 0 Å². The van der Waals surface area contributed by atoms with Crippen LogP contribution in [0.1, 0.15) is 5.69 Å². The molecule has 1 heterocycles. The maximum absolute atomic E-state index is 14.6. The van der Waals surface area contributed by atoms with Crippen molar-refractivity contribution in [1.29, 1.82) is 0 Å². The number of amides is 1. The number of sulfonamides is 1. The predicted molar refractivity (Wildman–Crippen MR) is 103 cm³/mol. The smallest absolute Gasteiger partial charge is 0.433 e. The Hall–Kier alpha value is -2.19. The number of nitrogens with two attached hydrogens (primary N) is 1. The molecule has 0 saturated carbocycles. The van der Waals surface area contributed by atoms with E-state index in [1.165, 1.54) is 0 Å². The molecule has 2 rings (SSSR count). The third kappa shape index (κ3) is 5.01. The molecule has 0 saturated heterocycles. The molecule has 1 aromatic heterocycles. The molecule has 0 fully saturated rings. The summed E-state index contributed by atoms with van der Waals surface area (Å²) >= 11 is 4.58. The minimum Gasteiger partial charge on any atom is -0.509 e. The van der Waals surface area contributed by atoms with E-state index in [0.717, 1.165) is 0 Å². The standard InChI is InChI=1S/C14H10BrF4N4O6S.Al/c1-30(28,29)23(12(26)5-24)8-3-9(7(16)2-6(8)15)21-11(25)4-10(14(17,18)19)22(20)13(21)27;/h2-4H,5,20H2,1H3;/q-1;+1. The normalized spacial score (nSPS) is 12.1. The number of nitrogens with zero attached hydrogens (tertiary/aromatic N) is 3. The molecule has 2 N–H and O–H groups in total. The van der Waals surface area contributed by atoms with Crippen molar-refractivity contribution in [2.45, 2.75) is 6.18 Å². The van der Waals surface area contributed by atoms with Crippen molar-refractivity contribution in [1.82, 2.24) is 9.24 Å². The highest BCUT2D eigenvalue weighted by atomic mass is 79.9. The van der Waals surface area contributed by atoms with Crippen molar-refractivity contribution < 1.29 is 34.6 Å². The number of carbonyl (C=O) groups excluding carboxylic acids is 1. The number of anilines is 1. The Kier molecular flexibility index (Phi) is 7.08. The van der Waals surface area contributed by atoms with E-state index in [0.29, 0.717) is 18.4 Å². The van der Waals surface area contributed by atoms with Gasteiger partial charge in [0.25, 0.3) is 11.5 Å². The molecule has 17 heteroatoms. The molecule has 0 aliphatic carbocycles. The van der Waals surface area contributed by atoms with Crippen LogP contribution in [0.4, 0.5) is 23.2 Å². The molecule has 2 radical (unpaired) electrons. The Morgan fingerprint density at radius 3 is 2.35 bits per heavy atom. The van der Waals surface area contributed by atoms with Crippen molar-refractivity contribution in [3.05, 3.63) is 55.0 Å². The summed E-state index contributed by atoms with van der Waals surface area (Å²) in [6.07, 6.45) is -4.52. The summed E-state index contributed by atoms with van der Waals surface area (Å²) in [5.41, 5.74) is -6.65. The van der Waals surface area contributed by atoms with Gasteiger partial charge >= 0.3 is 28.5 Å². The highest BCUT2D eigenvalue weighted by Crippen LogP contribution is 2.32. The van der Waals surface area contributed by atoms with Gasteiger partial charge in [-0.05, 0) is 28.1 Å². The molecule has 0 spiro atoms. The molecule has 1 aromatic carbocycles. The van der Waals surface area contributed by atoms with E-state index in [-0.39, 0.29) is 19.4 Å². The molecule has 0 bridgehead atoms. The van der Waals surface area contributed by atoms with Gasteiger partial charge in [0.1, 0.15) is 5.82 Å². The minimum absolute atomic E-state index is 0.0375. The lowest BCUT2D eigenvalue weighted by Gasteiger charge is -2.23. The summed E-state index contributed by atoms with van der Waals surface area (Å²) in [6, 6.07) is 1.18. The van der Waals surface area contributed by atoms with Crippen molar-refractivity contribution in [2.75, 3.05) is 23.0 Å². The third-order valence-corrected chi connectivity index (χ3v) is 5.53. The summed E-state index contributed by atoms with van der Waals surface area (Å²) in [6.45, 7) is -0.743. The van der Waals surface area contributed by atoms with E-state index in [2.05, 4.69) is 19.7 Å². The van der Waals surface area contributed by atoms with Crippen molar-refractivity contribution in [2.24, 2.45) is 0 Å². The fraction of sp³-hybridized carbons (Fsp3) is 0.214. The molecule has 166 valence electrons. The van der Waals surface area contributed by atoms with Gasteiger partial charge in [-0.1, -0.05) is 0 Å². The highest BCUT2D eigenvalue weighted by molar-refractivity contribution is 9.10. The van der Waals surface area contributed by atoms with E-state index in [1.54, 1.807) is 16.6 Å². The lowest BCUT2D eigenvalue weighted by atomic mass is 10.2. The molecule has 0 aliphatic heterocycles. The van der Waals surface area contributed by atoms with Crippen molar-refractivity contribution in [3.8, 4) is 5.69 Å². The lowest BCUT2D eigenvalue weighted by Crippen LogP contribution is -2.45. The van der Waals surface area contributed by atoms with Crippen LogP contribution >= 0.6 is 15.9 Å². The Bertz CT molecular complexity index is 1280. The molecule has 0 aliphatic rings. The minimum atomic E-state index is -5.16. The molecular weight excluding hydrogens is 535 g/mol. The van der Waals surface area contributed by atoms with Crippen LogP contribution in [0, 0.1) is 5.82 Å². The Labute approximate surface area is 187 Å². The quantitative estimate of drug-likeness (QED) is 0.319. The van der Waals surface area contributed by atoms with Crippen LogP contribution in [0.2, 0.25) is 0 Å². The first-order valence-electron chi connectivity index (χ1n) is 7.66. The number of benzene rings is 1. The lowest BCUT2D eigenvalue weighted by molar-refractivity contribution is -0.143. The zero-order valence-electron chi connectivity index (χ0n) is 15.2. The summed E-state index contributed by atoms with van der Waals surface area (Å²) in [7, 11) is -4.33. The van der Waals surface area contributed by atoms with Crippen LogP contribution in [0.15, 0.2) is 32.3 Å². The molecule has 31 heavy (non-hydrogen) atoms. The van der Waals surface area contributed by atoms with Gasteiger partial charge < -0.3 is 9.63 Å². The van der Waals surface area contributed by atoms with E-state index in [1.807, 2.05) is 0 Å². The zero-order chi connectivity index (χ0) is 23.9. The number of carbonyl (C=O) groups is 1. The maximum Gasteiger partial charge on any atom is 0.433 e. The van der Waals surface area contributed by atoms with E-state index >= 15 is 0 Å². The average Bonchev–Trinajstić information content (AvgIpc) is 2.59. The van der Waals surface area contributed by atoms with Gasteiger partial charge in [0.05, 0.1) is 24.2 Å². The van der Waals surface area contributed by atoms with Crippen LogP contribution in [0.3, 0.4) is 0 Å². The molecule has 1 amide bonds. The highest BCUT2D eigenvalue weighted by Gasteiger charge is 2.36. The molecule has 0 unspecified atom stereocenters. The second-order valence-electron chi connectivity index (χ2n) is 5.84. The average molecular weight is 545 g/mol. The fourth-order valence-electron chi connectivity index (χ4n) is 2.48. The largest absolute Gasteiger partial charge is 0.509 e. The first-order valence-corrected chi connectivity index (χ1v) is 10.8. The number of nitrogen functional groups attached to an aromatic ring is 1. The van der Waals surface area contributed by atoms with Gasteiger partial charge in [-0.3, -0.25) is 9.59 Å². The number of hydrogen-bond acceptors (Lipinski definition) is 7. The fourth-order valence-corrected chi connectivity index (χ4v) is 4.16. The van der Waals surface area contributed by atoms with Crippen molar-refractivity contribution >= 4 is 54.2 Å². The molecule has 0 atom stereocenters. The SMILES string of the molecule is CS(=O)(=O)N(C(=O)C[O][Al])c1cc(-n2c(=O)cc(C(F)(F)F)n(N)c2=O)c(F)cc1Br. The Balaban J connectivity index is 2.89. The predicted octanol–water partition coefficient (Wildman–Crippen LogP) is 0.0261. The number of rotatable bonds is 5. The third-order valence-electron chi connectivity index (χ3n) is 3.67.